The predicted molar refractivity (Wildman–Crippen MR) is 75.5 cm³/mol. The van der Waals surface area contributed by atoms with E-state index in [1.807, 2.05) is 25.1 Å². The fourth-order valence-electron chi connectivity index (χ4n) is 2.79. The van der Waals surface area contributed by atoms with Gasteiger partial charge in [-0.2, -0.15) is 0 Å². The lowest BCUT2D eigenvalue weighted by molar-refractivity contribution is 0.0972. The smallest absolute Gasteiger partial charge is 0.163 e. The molecule has 0 bridgehead atoms. The van der Waals surface area contributed by atoms with Crippen molar-refractivity contribution in [1.82, 2.24) is 0 Å². The van der Waals surface area contributed by atoms with Crippen LogP contribution in [0.3, 0.4) is 0 Å². The Labute approximate surface area is 112 Å². The fraction of sp³-hybridized carbons (Fsp3) is 0.235. The van der Waals surface area contributed by atoms with Crippen LogP contribution in [0.2, 0.25) is 0 Å². The van der Waals surface area contributed by atoms with Gasteiger partial charge < -0.3 is 5.11 Å². The Bertz CT molecular complexity index is 656. The summed E-state index contributed by atoms with van der Waals surface area (Å²) in [6, 6.07) is 11.5. The minimum absolute atomic E-state index is 0.259. The summed E-state index contributed by atoms with van der Waals surface area (Å²) in [7, 11) is 0. The lowest BCUT2D eigenvalue weighted by atomic mass is 9.87. The molecule has 0 atom stereocenters. The van der Waals surface area contributed by atoms with Gasteiger partial charge in [-0.15, -0.1) is 0 Å². The number of rotatable bonds is 1. The molecule has 0 spiro atoms. The molecule has 0 aliphatic heterocycles. The maximum absolute atomic E-state index is 11.8. The van der Waals surface area contributed by atoms with Gasteiger partial charge >= 0.3 is 0 Å². The average molecular weight is 252 g/mol. The van der Waals surface area contributed by atoms with Gasteiger partial charge in [-0.3, -0.25) is 4.79 Å². The van der Waals surface area contributed by atoms with E-state index in [0.717, 1.165) is 40.7 Å². The van der Waals surface area contributed by atoms with Crippen LogP contribution in [0.4, 0.5) is 0 Å². The standard InChI is InChI=1S/C17H16O2/c1-11-9-14(18)6-8-15(11)13-5-7-16-12(10-13)3-2-4-17(16)19/h5-10,18H,2-4H2,1H3. The third-order valence-electron chi connectivity index (χ3n) is 3.78. The quantitative estimate of drug-likeness (QED) is 0.836. The number of Topliss-reactive ketones (excluding diaryl/α,β-unsaturated/α-hetero) is 1. The first-order valence-corrected chi connectivity index (χ1v) is 6.61. The second-order valence-corrected chi connectivity index (χ2v) is 5.15. The number of phenols is 1. The van der Waals surface area contributed by atoms with Gasteiger partial charge in [0.05, 0.1) is 0 Å². The minimum atomic E-state index is 0.259. The number of carbonyl (C=O) groups is 1. The molecule has 2 nitrogen and oxygen atoms in total. The molecule has 0 unspecified atom stereocenters. The summed E-state index contributed by atoms with van der Waals surface area (Å²) >= 11 is 0. The Balaban J connectivity index is 2.09. The highest BCUT2D eigenvalue weighted by Gasteiger charge is 2.17. The monoisotopic (exact) mass is 252 g/mol. The summed E-state index contributed by atoms with van der Waals surface area (Å²) in [6.07, 6.45) is 2.60. The fourth-order valence-corrected chi connectivity index (χ4v) is 2.79. The first-order chi connectivity index (χ1) is 9.15. The molecule has 3 rings (SSSR count). The summed E-state index contributed by atoms with van der Waals surface area (Å²) < 4.78 is 0. The lowest BCUT2D eigenvalue weighted by Gasteiger charge is -2.16. The van der Waals surface area contributed by atoms with E-state index in [1.54, 1.807) is 12.1 Å². The summed E-state index contributed by atoms with van der Waals surface area (Å²) in [5.41, 5.74) is 5.30. The van der Waals surface area contributed by atoms with E-state index >= 15 is 0 Å². The maximum atomic E-state index is 11.8. The van der Waals surface area contributed by atoms with Crippen molar-refractivity contribution >= 4 is 5.78 Å². The van der Waals surface area contributed by atoms with Gasteiger partial charge in [0.2, 0.25) is 0 Å². The Morgan fingerprint density at radius 2 is 1.79 bits per heavy atom. The van der Waals surface area contributed by atoms with Crippen LogP contribution in [0.5, 0.6) is 5.75 Å². The van der Waals surface area contributed by atoms with Crippen molar-refractivity contribution < 1.29 is 9.90 Å². The largest absolute Gasteiger partial charge is 0.508 e. The number of fused-ring (bicyclic) bond motifs is 1. The highest BCUT2D eigenvalue weighted by atomic mass is 16.3. The highest BCUT2D eigenvalue weighted by Crippen LogP contribution is 2.30. The second-order valence-electron chi connectivity index (χ2n) is 5.15. The van der Waals surface area contributed by atoms with Crippen molar-refractivity contribution in [3.05, 3.63) is 53.1 Å². The molecule has 0 aromatic heterocycles. The van der Waals surface area contributed by atoms with Gasteiger partial charge in [-0.1, -0.05) is 24.3 Å². The summed E-state index contributed by atoms with van der Waals surface area (Å²) in [4.78, 5) is 11.8. The van der Waals surface area contributed by atoms with Crippen LogP contribution in [-0.4, -0.2) is 10.9 Å². The third kappa shape index (κ3) is 2.14. The topological polar surface area (TPSA) is 37.3 Å². The van der Waals surface area contributed by atoms with Crippen LogP contribution in [0.25, 0.3) is 11.1 Å². The molecule has 19 heavy (non-hydrogen) atoms. The van der Waals surface area contributed by atoms with E-state index in [4.69, 9.17) is 0 Å². The zero-order valence-electron chi connectivity index (χ0n) is 10.9. The molecule has 0 amide bonds. The van der Waals surface area contributed by atoms with Crippen molar-refractivity contribution in [2.24, 2.45) is 0 Å². The zero-order valence-corrected chi connectivity index (χ0v) is 10.9. The maximum Gasteiger partial charge on any atom is 0.163 e. The third-order valence-corrected chi connectivity index (χ3v) is 3.78. The normalized spacial score (nSPS) is 14.3. The van der Waals surface area contributed by atoms with E-state index in [2.05, 4.69) is 6.07 Å². The molecule has 0 saturated carbocycles. The van der Waals surface area contributed by atoms with Crippen molar-refractivity contribution in [3.63, 3.8) is 0 Å². The summed E-state index contributed by atoms with van der Waals surface area (Å²) in [6.45, 7) is 1.99. The van der Waals surface area contributed by atoms with Gasteiger partial charge in [-0.05, 0) is 54.2 Å². The molecule has 1 N–H and O–H groups in total. The van der Waals surface area contributed by atoms with Crippen molar-refractivity contribution in [1.29, 1.82) is 0 Å². The number of ketones is 1. The van der Waals surface area contributed by atoms with Gasteiger partial charge in [0.25, 0.3) is 0 Å². The number of carbonyl (C=O) groups excluding carboxylic acids is 1. The van der Waals surface area contributed by atoms with Gasteiger partial charge in [0.15, 0.2) is 5.78 Å². The Kier molecular flexibility index (Phi) is 2.86. The van der Waals surface area contributed by atoms with Crippen molar-refractivity contribution in [3.8, 4) is 16.9 Å². The molecule has 2 aromatic carbocycles. The molecule has 0 radical (unpaired) electrons. The van der Waals surface area contributed by atoms with Crippen LogP contribution < -0.4 is 0 Å². The Hall–Kier alpha value is -2.09. The number of aryl methyl sites for hydroxylation is 2. The van der Waals surface area contributed by atoms with Crippen LogP contribution in [0.1, 0.15) is 34.3 Å². The van der Waals surface area contributed by atoms with Crippen molar-refractivity contribution in [2.75, 3.05) is 0 Å². The lowest BCUT2D eigenvalue weighted by Crippen LogP contribution is -2.10. The Morgan fingerprint density at radius 1 is 1.00 bits per heavy atom. The van der Waals surface area contributed by atoms with E-state index in [-0.39, 0.29) is 11.5 Å². The molecule has 1 aliphatic rings. The number of hydrogen-bond donors (Lipinski definition) is 1. The number of aromatic hydroxyl groups is 1. The highest BCUT2D eigenvalue weighted by molar-refractivity contribution is 5.99. The molecule has 0 fully saturated rings. The van der Waals surface area contributed by atoms with Crippen LogP contribution >= 0.6 is 0 Å². The molecule has 2 aromatic rings. The predicted octanol–water partition coefficient (Wildman–Crippen LogP) is 3.89. The van der Waals surface area contributed by atoms with Gasteiger partial charge in [0, 0.05) is 12.0 Å². The van der Waals surface area contributed by atoms with Crippen LogP contribution in [0.15, 0.2) is 36.4 Å². The minimum Gasteiger partial charge on any atom is -0.508 e. The van der Waals surface area contributed by atoms with E-state index in [1.165, 1.54) is 0 Å². The van der Waals surface area contributed by atoms with Crippen LogP contribution in [-0.2, 0) is 6.42 Å². The number of hydrogen-bond acceptors (Lipinski definition) is 2. The first-order valence-electron chi connectivity index (χ1n) is 6.61. The van der Waals surface area contributed by atoms with E-state index in [9.17, 15) is 9.90 Å². The molecule has 0 heterocycles. The Morgan fingerprint density at radius 3 is 2.58 bits per heavy atom. The average Bonchev–Trinajstić information content (AvgIpc) is 2.38. The van der Waals surface area contributed by atoms with E-state index in [0.29, 0.717) is 6.42 Å². The van der Waals surface area contributed by atoms with Gasteiger partial charge in [-0.25, -0.2) is 0 Å². The molecule has 2 heteroatoms. The van der Waals surface area contributed by atoms with E-state index < -0.39 is 0 Å². The molecule has 0 saturated heterocycles. The molecular weight excluding hydrogens is 236 g/mol. The molecule has 96 valence electrons. The number of phenolic OH excluding ortho intramolecular Hbond substituents is 1. The molecular formula is C17H16O2. The van der Waals surface area contributed by atoms with Crippen molar-refractivity contribution in [2.45, 2.75) is 26.2 Å². The number of benzene rings is 2. The molecule has 1 aliphatic carbocycles. The SMILES string of the molecule is Cc1cc(O)ccc1-c1ccc2c(c1)CCCC2=O. The summed E-state index contributed by atoms with van der Waals surface area (Å²) in [5, 5.41) is 9.47. The van der Waals surface area contributed by atoms with Crippen LogP contribution in [0, 0.1) is 6.92 Å². The van der Waals surface area contributed by atoms with Gasteiger partial charge in [0.1, 0.15) is 5.75 Å². The zero-order chi connectivity index (χ0) is 13.4. The summed E-state index contributed by atoms with van der Waals surface area (Å²) in [5.74, 6) is 0.546. The first kappa shape index (κ1) is 12.0. The second kappa shape index (κ2) is 4.54.